The zero-order valence-electron chi connectivity index (χ0n) is 11.4. The van der Waals surface area contributed by atoms with Crippen LogP contribution in [-0.2, 0) is 4.79 Å². The zero-order chi connectivity index (χ0) is 16.0. The van der Waals surface area contributed by atoms with E-state index in [1.54, 1.807) is 0 Å². The van der Waals surface area contributed by atoms with Gasteiger partial charge in [-0.15, -0.1) is 0 Å². The summed E-state index contributed by atoms with van der Waals surface area (Å²) >= 11 is 0. The molecule has 1 N–H and O–H groups in total. The molecule has 0 radical (unpaired) electrons. The van der Waals surface area contributed by atoms with Crippen molar-refractivity contribution in [3.8, 4) is 11.5 Å². The molecule has 1 aromatic rings. The fraction of sp³-hybridized carbons (Fsp3) is 0.231. The van der Waals surface area contributed by atoms with Crippen LogP contribution in [0.25, 0.3) is 0 Å². The summed E-state index contributed by atoms with van der Waals surface area (Å²) < 4.78 is 10.3. The minimum Gasteiger partial charge on any atom is -0.493 e. The molecule has 1 rings (SSSR count). The lowest BCUT2D eigenvalue weighted by Gasteiger charge is -2.11. The monoisotopic (exact) mass is 295 g/mol. The van der Waals surface area contributed by atoms with Crippen LogP contribution in [0.5, 0.6) is 11.5 Å². The van der Waals surface area contributed by atoms with E-state index in [9.17, 15) is 19.7 Å². The zero-order valence-corrected chi connectivity index (χ0v) is 11.4. The van der Waals surface area contributed by atoms with Gasteiger partial charge in [-0.2, -0.15) is 0 Å². The maximum Gasteiger partial charge on any atom is 0.328 e. The van der Waals surface area contributed by atoms with Crippen molar-refractivity contribution in [3.05, 3.63) is 39.5 Å². The molecule has 0 bridgehead atoms. The van der Waals surface area contributed by atoms with Gasteiger partial charge in [0.05, 0.1) is 23.7 Å². The van der Waals surface area contributed by atoms with Gasteiger partial charge in [-0.25, -0.2) is 4.79 Å². The third-order valence-corrected chi connectivity index (χ3v) is 2.46. The smallest absolute Gasteiger partial charge is 0.328 e. The Hall–Kier alpha value is -2.90. The van der Waals surface area contributed by atoms with E-state index in [2.05, 4.69) is 0 Å². The predicted octanol–water partition coefficient (Wildman–Crippen LogP) is 1.83. The van der Waals surface area contributed by atoms with Gasteiger partial charge in [-0.05, 0) is 12.5 Å². The largest absolute Gasteiger partial charge is 0.493 e. The summed E-state index contributed by atoms with van der Waals surface area (Å²) in [7, 11) is 1.32. The highest BCUT2D eigenvalue weighted by atomic mass is 16.6. The average molecular weight is 295 g/mol. The highest BCUT2D eigenvalue weighted by molar-refractivity contribution is 5.83. The normalized spacial score (nSPS) is 10.9. The van der Waals surface area contributed by atoms with Crippen LogP contribution < -0.4 is 9.47 Å². The highest BCUT2D eigenvalue weighted by Crippen LogP contribution is 2.34. The van der Waals surface area contributed by atoms with Crippen molar-refractivity contribution in [2.75, 3.05) is 13.7 Å². The lowest BCUT2D eigenvalue weighted by Crippen LogP contribution is -2.04. The minimum atomic E-state index is -1.12. The Balaban J connectivity index is 3.11. The van der Waals surface area contributed by atoms with Gasteiger partial charge in [0, 0.05) is 12.1 Å². The summed E-state index contributed by atoms with van der Waals surface area (Å²) in [5, 5.41) is 19.5. The van der Waals surface area contributed by atoms with Gasteiger partial charge < -0.3 is 14.6 Å². The molecule has 0 fully saturated rings. The number of carboxylic acids is 1. The van der Waals surface area contributed by atoms with Crippen LogP contribution in [0, 0.1) is 10.1 Å². The summed E-state index contributed by atoms with van der Waals surface area (Å²) in [5.41, 5.74) is -0.144. The van der Waals surface area contributed by atoms with Gasteiger partial charge in [0.2, 0.25) is 0 Å². The fourth-order valence-corrected chi connectivity index (χ4v) is 1.53. The molecule has 0 unspecified atom stereocenters. The molecule has 8 heteroatoms. The number of aliphatic carboxylic acids is 1. The van der Waals surface area contributed by atoms with Crippen molar-refractivity contribution < 1.29 is 29.1 Å². The third-order valence-electron chi connectivity index (χ3n) is 2.46. The highest BCUT2D eigenvalue weighted by Gasteiger charge is 2.19. The number of carboxylic acid groups (broad SMARTS) is 1. The number of ether oxygens (including phenoxy) is 2. The number of carbonyl (C=O) groups is 2. The first-order valence-electron chi connectivity index (χ1n) is 5.73. The Kier molecular flexibility index (Phi) is 5.41. The molecule has 0 amide bonds. The molecule has 0 atom stereocenters. The summed E-state index contributed by atoms with van der Waals surface area (Å²) in [6, 6.07) is 2.26. The van der Waals surface area contributed by atoms with E-state index >= 15 is 0 Å². The van der Waals surface area contributed by atoms with E-state index in [0.717, 1.165) is 12.1 Å². The molecule has 0 heterocycles. The number of nitro groups is 1. The van der Waals surface area contributed by atoms with E-state index < -0.39 is 16.6 Å². The molecule has 0 aliphatic carbocycles. The number of aldehydes is 1. The predicted molar refractivity (Wildman–Crippen MR) is 71.9 cm³/mol. The number of nitrogens with zero attached hydrogens (tertiary/aromatic N) is 1. The van der Waals surface area contributed by atoms with Crippen molar-refractivity contribution in [3.63, 3.8) is 0 Å². The Morgan fingerprint density at radius 1 is 1.43 bits per heavy atom. The number of nitro benzene ring substituents is 1. The summed E-state index contributed by atoms with van der Waals surface area (Å²) in [6.45, 7) is 1.45. The van der Waals surface area contributed by atoms with Crippen LogP contribution in [0.4, 0.5) is 5.69 Å². The molecular formula is C13H13NO7. The summed E-state index contributed by atoms with van der Waals surface area (Å²) in [5.74, 6) is -0.927. The molecule has 1 aromatic carbocycles. The Bertz CT molecular complexity index is 607. The molecule has 0 aliphatic heterocycles. The molecule has 0 saturated carbocycles. The molecule has 0 spiro atoms. The van der Waals surface area contributed by atoms with E-state index in [1.165, 1.54) is 20.1 Å². The fourth-order valence-electron chi connectivity index (χ4n) is 1.53. The van der Waals surface area contributed by atoms with Crippen LogP contribution in [-0.4, -0.2) is 36.0 Å². The maximum absolute atomic E-state index is 10.9. The van der Waals surface area contributed by atoms with E-state index in [4.69, 9.17) is 14.6 Å². The van der Waals surface area contributed by atoms with Gasteiger partial charge in [-0.1, -0.05) is 0 Å². The van der Waals surface area contributed by atoms with Gasteiger partial charge in [0.15, 0.2) is 17.8 Å². The number of hydrogen-bond donors (Lipinski definition) is 1. The van der Waals surface area contributed by atoms with Gasteiger partial charge >= 0.3 is 5.97 Å². The van der Waals surface area contributed by atoms with Crippen LogP contribution in [0.1, 0.15) is 17.3 Å². The number of benzene rings is 1. The summed E-state index contributed by atoms with van der Waals surface area (Å²) in [6.07, 6.45) is 1.31. The molecule has 8 nitrogen and oxygen atoms in total. The summed E-state index contributed by atoms with van der Waals surface area (Å²) in [4.78, 5) is 31.5. The van der Waals surface area contributed by atoms with Crippen molar-refractivity contribution in [2.24, 2.45) is 0 Å². The van der Waals surface area contributed by atoms with Crippen LogP contribution in [0.3, 0.4) is 0 Å². The van der Waals surface area contributed by atoms with Crippen molar-refractivity contribution in [2.45, 2.75) is 6.92 Å². The van der Waals surface area contributed by atoms with Crippen molar-refractivity contribution >= 4 is 17.9 Å². The third kappa shape index (κ3) is 4.30. The van der Waals surface area contributed by atoms with E-state index in [-0.39, 0.29) is 23.7 Å². The second kappa shape index (κ2) is 7.04. The minimum absolute atomic E-state index is 0.0490. The second-order valence-electron chi connectivity index (χ2n) is 4.05. The lowest BCUT2D eigenvalue weighted by atomic mass is 10.1. The molecule has 0 saturated heterocycles. The first-order chi connectivity index (χ1) is 9.88. The number of rotatable bonds is 7. The molecule has 112 valence electrons. The standard InChI is InChI=1S/C13H13NO7/c1-8(3-13(16)17)7-21-12-5-10(14(18)19)9(6-15)4-11(12)20-2/h3-6H,7H2,1-2H3,(H,16,17). The van der Waals surface area contributed by atoms with Crippen LogP contribution in [0.2, 0.25) is 0 Å². The molecule has 21 heavy (non-hydrogen) atoms. The first kappa shape index (κ1) is 16.2. The molecule has 0 aromatic heterocycles. The average Bonchev–Trinajstić information content (AvgIpc) is 2.43. The van der Waals surface area contributed by atoms with Gasteiger partial charge in [0.1, 0.15) is 6.61 Å². The quantitative estimate of drug-likeness (QED) is 0.353. The second-order valence-corrected chi connectivity index (χ2v) is 4.05. The Morgan fingerprint density at radius 3 is 2.57 bits per heavy atom. The first-order valence-corrected chi connectivity index (χ1v) is 5.73. The molecular weight excluding hydrogens is 282 g/mol. The van der Waals surface area contributed by atoms with Gasteiger partial charge in [0.25, 0.3) is 5.69 Å². The Morgan fingerprint density at radius 2 is 2.10 bits per heavy atom. The lowest BCUT2D eigenvalue weighted by molar-refractivity contribution is -0.385. The van der Waals surface area contributed by atoms with E-state index in [1.807, 2.05) is 0 Å². The van der Waals surface area contributed by atoms with E-state index in [0.29, 0.717) is 11.9 Å². The molecule has 0 aliphatic rings. The van der Waals surface area contributed by atoms with Crippen molar-refractivity contribution in [1.29, 1.82) is 0 Å². The topological polar surface area (TPSA) is 116 Å². The Labute approximate surface area is 119 Å². The van der Waals surface area contributed by atoms with Crippen LogP contribution in [0.15, 0.2) is 23.8 Å². The number of carbonyl (C=O) groups excluding carboxylic acids is 1. The van der Waals surface area contributed by atoms with Gasteiger partial charge in [-0.3, -0.25) is 14.9 Å². The number of hydrogen-bond acceptors (Lipinski definition) is 6. The SMILES string of the molecule is COc1cc(C=O)c([N+](=O)[O-])cc1OCC(C)=CC(=O)O. The number of methoxy groups -OCH3 is 1. The van der Waals surface area contributed by atoms with Crippen molar-refractivity contribution in [1.82, 2.24) is 0 Å². The maximum atomic E-state index is 10.9. The van der Waals surface area contributed by atoms with Crippen LogP contribution >= 0.6 is 0 Å².